The molecule has 0 saturated carbocycles. The highest BCUT2D eigenvalue weighted by molar-refractivity contribution is 9.10. The normalized spacial score (nSPS) is 17.5. The summed E-state index contributed by atoms with van der Waals surface area (Å²) in [5.74, 6) is 1.37. The Hall–Kier alpha value is -2.75. The van der Waals surface area contributed by atoms with Crippen molar-refractivity contribution in [2.45, 2.75) is 25.9 Å². The zero-order chi connectivity index (χ0) is 24.0. The number of anilines is 1. The Balaban J connectivity index is 1.06. The standard InChI is InChI=1S/C26H30BrN5O3/c27-22-3-1-2-21(16-22)25-29-24(35-30-25)18-31-10-8-20(9-11-31)26(33)28-17-19-4-6-23(7-5-19)32-12-14-34-15-13-32/h1-7,16,20H,8-15,17-18H2,(H,28,33). The lowest BCUT2D eigenvalue weighted by molar-refractivity contribution is -0.126. The number of amides is 1. The van der Waals surface area contributed by atoms with Gasteiger partial charge in [0.15, 0.2) is 0 Å². The number of nitrogens with one attached hydrogen (secondary N) is 1. The van der Waals surface area contributed by atoms with Crippen molar-refractivity contribution >= 4 is 27.5 Å². The third-order valence-electron chi connectivity index (χ3n) is 6.65. The largest absolute Gasteiger partial charge is 0.378 e. The average Bonchev–Trinajstić information content (AvgIpc) is 3.37. The summed E-state index contributed by atoms with van der Waals surface area (Å²) in [6.45, 7) is 6.23. The maximum Gasteiger partial charge on any atom is 0.241 e. The Morgan fingerprint density at radius 1 is 1.06 bits per heavy atom. The number of benzene rings is 2. The Kier molecular flexibility index (Phi) is 7.75. The van der Waals surface area contributed by atoms with E-state index in [9.17, 15) is 4.79 Å². The van der Waals surface area contributed by atoms with Gasteiger partial charge in [-0.3, -0.25) is 9.69 Å². The summed E-state index contributed by atoms with van der Waals surface area (Å²) in [6.07, 6.45) is 1.66. The van der Waals surface area contributed by atoms with Crippen LogP contribution in [-0.4, -0.2) is 60.3 Å². The van der Waals surface area contributed by atoms with Crippen molar-refractivity contribution < 1.29 is 14.1 Å². The fourth-order valence-corrected chi connectivity index (χ4v) is 4.99. The number of piperidine rings is 1. The van der Waals surface area contributed by atoms with Gasteiger partial charge in [-0.2, -0.15) is 4.98 Å². The molecule has 1 amide bonds. The lowest BCUT2D eigenvalue weighted by Crippen LogP contribution is -2.40. The summed E-state index contributed by atoms with van der Waals surface area (Å²) in [4.78, 5) is 21.9. The molecule has 184 valence electrons. The number of morpholine rings is 1. The first kappa shape index (κ1) is 24.0. The number of carbonyl (C=O) groups excluding carboxylic acids is 1. The van der Waals surface area contributed by atoms with Gasteiger partial charge >= 0.3 is 0 Å². The zero-order valence-corrected chi connectivity index (χ0v) is 21.2. The van der Waals surface area contributed by atoms with E-state index >= 15 is 0 Å². The average molecular weight is 540 g/mol. The van der Waals surface area contributed by atoms with Crippen LogP contribution in [0.25, 0.3) is 11.4 Å². The first-order valence-corrected chi connectivity index (χ1v) is 12.9. The lowest BCUT2D eigenvalue weighted by Gasteiger charge is -2.30. The smallest absolute Gasteiger partial charge is 0.241 e. The molecule has 2 fully saturated rings. The Morgan fingerprint density at radius 2 is 1.83 bits per heavy atom. The molecule has 2 aromatic carbocycles. The minimum atomic E-state index is 0.0405. The molecule has 5 rings (SSSR count). The highest BCUT2D eigenvalue weighted by Gasteiger charge is 2.26. The number of ether oxygens (including phenoxy) is 1. The SMILES string of the molecule is O=C(NCc1ccc(N2CCOCC2)cc1)C1CCN(Cc2nc(-c3cccc(Br)c3)no2)CC1. The van der Waals surface area contributed by atoms with Crippen LogP contribution in [0.1, 0.15) is 24.3 Å². The molecule has 9 heteroatoms. The molecule has 0 spiro atoms. The van der Waals surface area contributed by atoms with Crippen LogP contribution >= 0.6 is 15.9 Å². The molecule has 0 atom stereocenters. The number of halogens is 1. The van der Waals surface area contributed by atoms with Gasteiger partial charge in [-0.15, -0.1) is 0 Å². The van der Waals surface area contributed by atoms with E-state index < -0.39 is 0 Å². The minimum absolute atomic E-state index is 0.0405. The summed E-state index contributed by atoms with van der Waals surface area (Å²) in [7, 11) is 0. The van der Waals surface area contributed by atoms with Gasteiger partial charge in [0.1, 0.15) is 0 Å². The maximum absolute atomic E-state index is 12.7. The summed E-state index contributed by atoms with van der Waals surface area (Å²) >= 11 is 3.47. The molecule has 3 aromatic rings. The number of aromatic nitrogens is 2. The fourth-order valence-electron chi connectivity index (χ4n) is 4.59. The molecular formula is C26H30BrN5O3. The second kappa shape index (κ2) is 11.3. The molecule has 3 heterocycles. The fraction of sp³-hybridized carbons (Fsp3) is 0.423. The molecule has 0 radical (unpaired) electrons. The van der Waals surface area contributed by atoms with Gasteiger partial charge in [-0.1, -0.05) is 45.4 Å². The third kappa shape index (κ3) is 6.28. The predicted molar refractivity (Wildman–Crippen MR) is 137 cm³/mol. The monoisotopic (exact) mass is 539 g/mol. The highest BCUT2D eigenvalue weighted by Crippen LogP contribution is 2.23. The topological polar surface area (TPSA) is 83.7 Å². The van der Waals surface area contributed by atoms with Crippen LogP contribution in [0.5, 0.6) is 0 Å². The van der Waals surface area contributed by atoms with Crippen LogP contribution in [0.15, 0.2) is 57.5 Å². The first-order chi connectivity index (χ1) is 17.1. The van der Waals surface area contributed by atoms with Crippen molar-refractivity contribution in [3.05, 3.63) is 64.5 Å². The highest BCUT2D eigenvalue weighted by atomic mass is 79.9. The van der Waals surface area contributed by atoms with Crippen LogP contribution in [0.3, 0.4) is 0 Å². The summed E-state index contributed by atoms with van der Waals surface area (Å²) in [5.41, 5.74) is 3.24. The minimum Gasteiger partial charge on any atom is -0.378 e. The van der Waals surface area contributed by atoms with E-state index in [0.29, 0.717) is 24.8 Å². The molecule has 8 nitrogen and oxygen atoms in total. The molecule has 2 aliphatic rings. The van der Waals surface area contributed by atoms with Gasteiger partial charge in [-0.05, 0) is 55.8 Å². The molecule has 1 N–H and O–H groups in total. The molecule has 1 aromatic heterocycles. The number of likely N-dealkylation sites (tertiary alicyclic amines) is 1. The first-order valence-electron chi connectivity index (χ1n) is 12.1. The second-order valence-corrected chi connectivity index (χ2v) is 9.97. The van der Waals surface area contributed by atoms with Crippen molar-refractivity contribution in [1.82, 2.24) is 20.4 Å². The van der Waals surface area contributed by atoms with Gasteiger partial charge in [0.2, 0.25) is 17.6 Å². The van der Waals surface area contributed by atoms with Crippen molar-refractivity contribution in [3.8, 4) is 11.4 Å². The number of hydrogen-bond donors (Lipinski definition) is 1. The summed E-state index contributed by atoms with van der Waals surface area (Å²) in [6, 6.07) is 16.3. The molecule has 35 heavy (non-hydrogen) atoms. The Morgan fingerprint density at radius 3 is 2.57 bits per heavy atom. The number of rotatable bonds is 7. The molecular weight excluding hydrogens is 510 g/mol. The van der Waals surface area contributed by atoms with Gasteiger partial charge < -0.3 is 19.5 Å². The van der Waals surface area contributed by atoms with E-state index in [1.54, 1.807) is 0 Å². The van der Waals surface area contributed by atoms with Gasteiger partial charge in [-0.25, -0.2) is 0 Å². The van der Waals surface area contributed by atoms with Crippen molar-refractivity contribution in [1.29, 1.82) is 0 Å². The van der Waals surface area contributed by atoms with Crippen molar-refractivity contribution in [2.75, 3.05) is 44.3 Å². The van der Waals surface area contributed by atoms with Crippen LogP contribution in [0.4, 0.5) is 5.69 Å². The van der Waals surface area contributed by atoms with Gasteiger partial charge in [0, 0.05) is 41.3 Å². The molecule has 0 unspecified atom stereocenters. The van der Waals surface area contributed by atoms with Crippen LogP contribution in [-0.2, 0) is 22.6 Å². The molecule has 0 aliphatic carbocycles. The molecule has 2 saturated heterocycles. The van der Waals surface area contributed by atoms with Crippen LogP contribution in [0.2, 0.25) is 0 Å². The zero-order valence-electron chi connectivity index (χ0n) is 19.7. The predicted octanol–water partition coefficient (Wildman–Crippen LogP) is 3.86. The van der Waals surface area contributed by atoms with Crippen LogP contribution < -0.4 is 10.2 Å². The van der Waals surface area contributed by atoms with E-state index in [4.69, 9.17) is 9.26 Å². The van der Waals surface area contributed by atoms with Crippen molar-refractivity contribution in [3.63, 3.8) is 0 Å². The van der Waals surface area contributed by atoms with Crippen molar-refractivity contribution in [2.24, 2.45) is 5.92 Å². The van der Waals surface area contributed by atoms with E-state index in [1.807, 2.05) is 24.3 Å². The number of hydrogen-bond acceptors (Lipinski definition) is 7. The van der Waals surface area contributed by atoms with Gasteiger partial charge in [0.05, 0.1) is 19.8 Å². The van der Waals surface area contributed by atoms with Gasteiger partial charge in [0.25, 0.3) is 0 Å². The Labute approximate surface area is 213 Å². The Bertz CT molecular complexity index is 1120. The summed E-state index contributed by atoms with van der Waals surface area (Å²) < 4.78 is 11.9. The third-order valence-corrected chi connectivity index (χ3v) is 7.14. The summed E-state index contributed by atoms with van der Waals surface area (Å²) in [5, 5.41) is 7.24. The second-order valence-electron chi connectivity index (χ2n) is 9.06. The number of carbonyl (C=O) groups is 1. The molecule has 0 bridgehead atoms. The van der Waals surface area contributed by atoms with Crippen LogP contribution in [0, 0.1) is 5.92 Å². The molecule has 2 aliphatic heterocycles. The van der Waals surface area contributed by atoms with E-state index in [2.05, 4.69) is 65.5 Å². The number of nitrogens with zero attached hydrogens (tertiary/aromatic N) is 4. The lowest BCUT2D eigenvalue weighted by atomic mass is 9.96. The quantitative estimate of drug-likeness (QED) is 0.487. The van der Waals surface area contributed by atoms with E-state index in [0.717, 1.165) is 67.8 Å². The maximum atomic E-state index is 12.7. The van der Waals surface area contributed by atoms with E-state index in [-0.39, 0.29) is 11.8 Å². The van der Waals surface area contributed by atoms with E-state index in [1.165, 1.54) is 5.69 Å².